The van der Waals surface area contributed by atoms with Crippen molar-refractivity contribution >= 4 is 23.9 Å². The fourth-order valence-corrected chi connectivity index (χ4v) is 3.74. The molecule has 0 aliphatic carbocycles. The molecule has 0 aromatic heterocycles. The van der Waals surface area contributed by atoms with Crippen LogP contribution in [0, 0.1) is 0 Å². The molecule has 0 radical (unpaired) electrons. The van der Waals surface area contributed by atoms with Crippen LogP contribution in [0.1, 0.15) is 36.0 Å². The zero-order chi connectivity index (χ0) is 25.2. The van der Waals surface area contributed by atoms with Gasteiger partial charge in [-0.15, -0.1) is 0 Å². The molecule has 9 heteroatoms. The summed E-state index contributed by atoms with van der Waals surface area (Å²) < 4.78 is 5.30. The first kappa shape index (κ1) is 25.7. The molecule has 0 fully saturated rings. The number of hydrogen-bond acceptors (Lipinski definition) is 5. The number of hydrogen-bond donors (Lipinski definition) is 1. The monoisotopic (exact) mass is 480 g/mol. The van der Waals surface area contributed by atoms with E-state index in [2.05, 4.69) is 4.99 Å². The van der Waals surface area contributed by atoms with Gasteiger partial charge in [0.25, 0.3) is 0 Å². The Balaban J connectivity index is 1.36. The molecule has 0 atom stereocenters. The maximum Gasteiger partial charge on any atom is 0.413 e. The number of amides is 3. The smallest absolute Gasteiger partial charge is 0.413 e. The van der Waals surface area contributed by atoms with E-state index in [1.54, 1.807) is 19.0 Å². The summed E-state index contributed by atoms with van der Waals surface area (Å²) in [5.74, 6) is 0.489. The Kier molecular flexibility index (Phi) is 9.23. The van der Waals surface area contributed by atoms with E-state index in [1.807, 2.05) is 54.6 Å². The van der Waals surface area contributed by atoms with Crippen molar-refractivity contribution in [1.82, 2.24) is 14.7 Å². The van der Waals surface area contributed by atoms with E-state index in [4.69, 9.17) is 4.74 Å². The van der Waals surface area contributed by atoms with Crippen LogP contribution in [0.5, 0.6) is 0 Å². The first-order valence-electron chi connectivity index (χ1n) is 11.6. The lowest BCUT2D eigenvalue weighted by Crippen LogP contribution is -2.33. The second-order valence-corrected chi connectivity index (χ2v) is 8.51. The minimum Gasteiger partial charge on any atom is -0.465 e. The molecule has 9 nitrogen and oxygen atoms in total. The molecule has 1 aliphatic heterocycles. The normalized spacial score (nSPS) is 12.7. The zero-order valence-electron chi connectivity index (χ0n) is 20.2. The van der Waals surface area contributed by atoms with E-state index >= 15 is 0 Å². The summed E-state index contributed by atoms with van der Waals surface area (Å²) in [5.41, 5.74) is 2.63. The van der Waals surface area contributed by atoms with E-state index in [0.717, 1.165) is 16.7 Å². The molecular weight excluding hydrogens is 448 g/mol. The molecule has 3 amide bonds. The maximum atomic E-state index is 12.5. The van der Waals surface area contributed by atoms with Crippen LogP contribution in [0.4, 0.5) is 9.59 Å². The van der Waals surface area contributed by atoms with Crippen molar-refractivity contribution in [3.8, 4) is 0 Å². The third kappa shape index (κ3) is 7.56. The summed E-state index contributed by atoms with van der Waals surface area (Å²) in [7, 11) is 3.45. The molecule has 186 valence electrons. The number of amidine groups is 1. The van der Waals surface area contributed by atoms with Gasteiger partial charge in [0.15, 0.2) is 0 Å². The Bertz CT molecular complexity index is 1040. The quantitative estimate of drug-likeness (QED) is 0.521. The molecule has 0 saturated carbocycles. The summed E-state index contributed by atoms with van der Waals surface area (Å²) in [6.07, 6.45) is 0.379. The second kappa shape index (κ2) is 12.5. The van der Waals surface area contributed by atoms with Gasteiger partial charge in [-0.25, -0.2) is 9.59 Å². The molecule has 1 heterocycles. The molecule has 0 saturated heterocycles. The molecule has 1 aliphatic rings. The van der Waals surface area contributed by atoms with Gasteiger partial charge >= 0.3 is 12.2 Å². The van der Waals surface area contributed by atoms with Crippen LogP contribution in [-0.4, -0.2) is 77.5 Å². The Labute approximate surface area is 205 Å². The van der Waals surface area contributed by atoms with Gasteiger partial charge in [-0.2, -0.15) is 0 Å². The minimum atomic E-state index is -1.01. The van der Waals surface area contributed by atoms with Gasteiger partial charge < -0.3 is 19.6 Å². The minimum absolute atomic E-state index is 0.0283. The van der Waals surface area contributed by atoms with Crippen LogP contribution in [-0.2, 0) is 22.7 Å². The van der Waals surface area contributed by atoms with Crippen molar-refractivity contribution in [3.63, 3.8) is 0 Å². The van der Waals surface area contributed by atoms with Gasteiger partial charge in [0.1, 0.15) is 12.4 Å². The maximum absolute atomic E-state index is 12.5. The number of ether oxygens (including phenoxy) is 1. The van der Waals surface area contributed by atoms with Gasteiger partial charge in [0.05, 0.1) is 13.1 Å². The number of carboxylic acid groups (broad SMARTS) is 1. The van der Waals surface area contributed by atoms with Crippen LogP contribution < -0.4 is 0 Å². The number of rotatable bonds is 10. The first-order chi connectivity index (χ1) is 16.8. The number of nitrogens with zero attached hydrogens (tertiary/aromatic N) is 4. The average molecular weight is 481 g/mol. The van der Waals surface area contributed by atoms with E-state index < -0.39 is 6.09 Å². The Morgan fingerprint density at radius 3 is 2.37 bits per heavy atom. The number of aliphatic imine (C=N–C) groups is 1. The number of carbonyl (C=O) groups is 3. The molecule has 2 aromatic carbocycles. The van der Waals surface area contributed by atoms with Crippen LogP contribution in [0.25, 0.3) is 0 Å². The zero-order valence-corrected chi connectivity index (χ0v) is 20.2. The van der Waals surface area contributed by atoms with Gasteiger partial charge in [-0.3, -0.25) is 14.7 Å². The topological polar surface area (TPSA) is 103 Å². The van der Waals surface area contributed by atoms with Crippen LogP contribution in [0.3, 0.4) is 0 Å². The second-order valence-electron chi connectivity index (χ2n) is 8.51. The highest BCUT2D eigenvalue weighted by molar-refractivity contribution is 6.07. The average Bonchev–Trinajstić information content (AvgIpc) is 3.36. The van der Waals surface area contributed by atoms with Crippen molar-refractivity contribution in [2.75, 3.05) is 33.7 Å². The largest absolute Gasteiger partial charge is 0.465 e. The SMILES string of the molecule is CN(Cc1ccc(C2=NCCN2C(=O)O)cc1)C(=O)CCCCN(C)C(=O)OCc1ccccc1. The lowest BCUT2D eigenvalue weighted by Gasteiger charge is -2.19. The highest BCUT2D eigenvalue weighted by Gasteiger charge is 2.24. The first-order valence-corrected chi connectivity index (χ1v) is 11.6. The van der Waals surface area contributed by atoms with Crippen molar-refractivity contribution in [2.45, 2.75) is 32.4 Å². The third-order valence-electron chi connectivity index (χ3n) is 5.78. The summed E-state index contributed by atoms with van der Waals surface area (Å²) in [6.45, 7) is 2.04. The fourth-order valence-electron chi connectivity index (χ4n) is 3.74. The van der Waals surface area contributed by atoms with Crippen LogP contribution >= 0.6 is 0 Å². The van der Waals surface area contributed by atoms with E-state index in [-0.39, 0.29) is 18.6 Å². The molecule has 2 aromatic rings. The lowest BCUT2D eigenvalue weighted by atomic mass is 10.1. The molecule has 0 unspecified atom stereocenters. The highest BCUT2D eigenvalue weighted by Crippen LogP contribution is 2.14. The standard InChI is InChI=1S/C26H32N4O5/c1-28(26(34)35-19-21-8-4-3-5-9-21)16-7-6-10-23(31)29(2)18-20-11-13-22(14-12-20)24-27-15-17-30(24)25(32)33/h3-5,8-9,11-14H,6-7,10,15-19H2,1-2H3,(H,32,33). The molecule has 0 spiro atoms. The van der Waals surface area contributed by atoms with Crippen LogP contribution in [0.15, 0.2) is 59.6 Å². The van der Waals surface area contributed by atoms with Crippen molar-refractivity contribution in [3.05, 3.63) is 71.3 Å². The molecular formula is C26H32N4O5. The Morgan fingerprint density at radius 1 is 0.971 bits per heavy atom. The summed E-state index contributed by atoms with van der Waals surface area (Å²) in [5, 5.41) is 9.27. The molecule has 1 N–H and O–H groups in total. The van der Waals surface area contributed by atoms with E-state index in [1.165, 1.54) is 9.80 Å². The predicted molar refractivity (Wildman–Crippen MR) is 132 cm³/mol. The number of carbonyl (C=O) groups excluding carboxylic acids is 2. The van der Waals surface area contributed by atoms with Gasteiger partial charge in [0.2, 0.25) is 5.91 Å². The fraction of sp³-hybridized carbons (Fsp3) is 0.385. The Hall–Kier alpha value is -3.88. The van der Waals surface area contributed by atoms with Crippen molar-refractivity contribution in [2.24, 2.45) is 4.99 Å². The van der Waals surface area contributed by atoms with Gasteiger partial charge in [-0.1, -0.05) is 54.6 Å². The van der Waals surface area contributed by atoms with Crippen molar-refractivity contribution < 1.29 is 24.2 Å². The molecule has 35 heavy (non-hydrogen) atoms. The summed E-state index contributed by atoms with van der Waals surface area (Å²) in [6, 6.07) is 17.0. The van der Waals surface area contributed by atoms with E-state index in [0.29, 0.717) is 51.3 Å². The summed E-state index contributed by atoms with van der Waals surface area (Å²) >= 11 is 0. The number of benzene rings is 2. The summed E-state index contributed by atoms with van der Waals surface area (Å²) in [4.78, 5) is 44.6. The third-order valence-corrected chi connectivity index (χ3v) is 5.78. The lowest BCUT2D eigenvalue weighted by molar-refractivity contribution is -0.130. The molecule has 0 bridgehead atoms. The van der Waals surface area contributed by atoms with E-state index in [9.17, 15) is 19.5 Å². The Morgan fingerprint density at radius 2 is 1.69 bits per heavy atom. The van der Waals surface area contributed by atoms with Crippen molar-refractivity contribution in [1.29, 1.82) is 0 Å². The predicted octanol–water partition coefficient (Wildman–Crippen LogP) is 3.82. The molecule has 3 rings (SSSR count). The van der Waals surface area contributed by atoms with Gasteiger partial charge in [-0.05, 0) is 24.0 Å². The van der Waals surface area contributed by atoms with Crippen LogP contribution in [0.2, 0.25) is 0 Å². The highest BCUT2D eigenvalue weighted by atomic mass is 16.6. The number of unbranched alkanes of at least 4 members (excludes halogenated alkanes) is 1. The van der Waals surface area contributed by atoms with Gasteiger partial charge in [0, 0.05) is 39.2 Å².